The number of hydrogen-bond acceptors (Lipinski definition) is 5. The van der Waals surface area contributed by atoms with E-state index in [2.05, 4.69) is 0 Å². The van der Waals surface area contributed by atoms with Gasteiger partial charge in [0, 0.05) is 36.8 Å². The van der Waals surface area contributed by atoms with Gasteiger partial charge in [0.2, 0.25) is 0 Å². The Hall–Kier alpha value is -2.61. The molecule has 1 spiro atoms. The topological polar surface area (TPSA) is 97.8 Å². The summed E-state index contributed by atoms with van der Waals surface area (Å²) in [5, 5.41) is 9.83. The molecular weight excluding hydrogens is 353 g/mol. The van der Waals surface area contributed by atoms with E-state index in [1.807, 2.05) is 4.90 Å². The maximum Gasteiger partial charge on any atom is 0.333 e. The number of hydrogen-bond donors (Lipinski definition) is 2. The quantitative estimate of drug-likeness (QED) is 0.823. The molecular formula is C19H20FN3O4. The largest absolute Gasteiger partial charge is 0.486 e. The van der Waals surface area contributed by atoms with Crippen molar-refractivity contribution in [2.75, 3.05) is 24.6 Å². The van der Waals surface area contributed by atoms with Gasteiger partial charge in [0.05, 0.1) is 10.9 Å². The Bertz CT molecular complexity index is 1060. The molecule has 2 aliphatic heterocycles. The first-order valence-corrected chi connectivity index (χ1v) is 9.02. The lowest BCUT2D eigenvalue weighted by molar-refractivity contribution is -0.148. The molecule has 27 heavy (non-hydrogen) atoms. The van der Waals surface area contributed by atoms with E-state index in [1.54, 1.807) is 0 Å². The average Bonchev–Trinajstić information content (AvgIpc) is 3.32. The van der Waals surface area contributed by atoms with Gasteiger partial charge in [0.25, 0.3) is 0 Å². The van der Waals surface area contributed by atoms with Crippen LogP contribution in [0.3, 0.4) is 0 Å². The number of pyridine rings is 1. The van der Waals surface area contributed by atoms with Gasteiger partial charge in [-0.25, -0.2) is 9.18 Å². The van der Waals surface area contributed by atoms with E-state index in [0.29, 0.717) is 18.6 Å². The smallest absolute Gasteiger partial charge is 0.333 e. The molecule has 1 saturated heterocycles. The lowest BCUT2D eigenvalue weighted by atomic mass is 9.99. The van der Waals surface area contributed by atoms with Gasteiger partial charge < -0.3 is 25.0 Å². The van der Waals surface area contributed by atoms with E-state index >= 15 is 4.39 Å². The minimum Gasteiger partial charge on any atom is -0.486 e. The summed E-state index contributed by atoms with van der Waals surface area (Å²) < 4.78 is 22.4. The maximum atomic E-state index is 15.1. The lowest BCUT2D eigenvalue weighted by Crippen LogP contribution is -2.47. The van der Waals surface area contributed by atoms with Gasteiger partial charge in [0.15, 0.2) is 22.5 Å². The van der Waals surface area contributed by atoms with Gasteiger partial charge in [-0.3, -0.25) is 4.79 Å². The van der Waals surface area contributed by atoms with Crippen molar-refractivity contribution in [3.63, 3.8) is 0 Å². The van der Waals surface area contributed by atoms with Crippen LogP contribution in [-0.2, 0) is 10.3 Å². The molecule has 142 valence electrons. The number of carbonyl (C=O) groups is 1. The molecule has 3 heterocycles. The molecule has 1 aliphatic carbocycles. The fourth-order valence-electron chi connectivity index (χ4n) is 4.48. The Balaban J connectivity index is 1.78. The predicted molar refractivity (Wildman–Crippen MR) is 96.8 cm³/mol. The molecule has 2 aromatic rings. The zero-order chi connectivity index (χ0) is 19.1. The van der Waals surface area contributed by atoms with E-state index in [1.165, 1.54) is 29.8 Å². The van der Waals surface area contributed by atoms with Crippen LogP contribution in [0.15, 0.2) is 23.1 Å². The molecule has 2 fully saturated rings. The molecule has 1 aromatic carbocycles. The molecule has 2 atom stereocenters. The Labute approximate surface area is 154 Å². The Morgan fingerprint density at radius 2 is 2.19 bits per heavy atom. The lowest BCUT2D eigenvalue weighted by Gasteiger charge is -2.36. The molecule has 3 aliphatic rings. The van der Waals surface area contributed by atoms with Crippen molar-refractivity contribution in [1.29, 1.82) is 0 Å². The number of halogens is 1. The van der Waals surface area contributed by atoms with Crippen LogP contribution < -0.4 is 20.8 Å². The molecule has 8 heteroatoms. The number of anilines is 1. The summed E-state index contributed by atoms with van der Waals surface area (Å²) in [7, 11) is 0. The highest BCUT2D eigenvalue weighted by molar-refractivity contribution is 5.94. The second-order valence-electron chi connectivity index (χ2n) is 8.20. The van der Waals surface area contributed by atoms with Crippen LogP contribution in [0, 0.1) is 11.2 Å². The molecule has 0 amide bonds. The molecule has 3 N–H and O–H groups in total. The average molecular weight is 373 g/mol. The third kappa shape index (κ3) is 2.04. The van der Waals surface area contributed by atoms with Crippen LogP contribution in [0.1, 0.15) is 19.8 Å². The predicted octanol–water partition coefficient (Wildman–Crippen LogP) is 1.26. The number of carboxylic acid groups (broad SMARTS) is 1. The van der Waals surface area contributed by atoms with Crippen molar-refractivity contribution in [3.05, 3.63) is 34.4 Å². The SMILES string of the molecule is CC1(C(=O)O)COc2c(N3CC(N)C4(CC4)C3)c(F)cc3c(=O)ccn1c23. The van der Waals surface area contributed by atoms with Crippen LogP contribution in [0.2, 0.25) is 0 Å². The number of nitrogens with zero attached hydrogens (tertiary/aromatic N) is 2. The number of aliphatic carboxylic acids is 1. The summed E-state index contributed by atoms with van der Waals surface area (Å²) >= 11 is 0. The van der Waals surface area contributed by atoms with E-state index in [0.717, 1.165) is 12.8 Å². The maximum absolute atomic E-state index is 15.1. The third-order valence-corrected chi connectivity index (χ3v) is 6.47. The van der Waals surface area contributed by atoms with Crippen molar-refractivity contribution in [2.24, 2.45) is 11.1 Å². The molecule has 0 radical (unpaired) electrons. The fraction of sp³-hybridized carbons (Fsp3) is 0.474. The van der Waals surface area contributed by atoms with Crippen LogP contribution in [0.25, 0.3) is 10.9 Å². The summed E-state index contributed by atoms with van der Waals surface area (Å²) in [6.07, 6.45) is 3.50. The number of carboxylic acids is 1. The van der Waals surface area contributed by atoms with E-state index in [9.17, 15) is 14.7 Å². The van der Waals surface area contributed by atoms with Crippen molar-refractivity contribution in [3.8, 4) is 5.75 Å². The zero-order valence-corrected chi connectivity index (χ0v) is 14.9. The van der Waals surface area contributed by atoms with Gasteiger partial charge in [-0.05, 0) is 25.8 Å². The first kappa shape index (κ1) is 16.6. The Kier molecular flexibility index (Phi) is 3.07. The highest BCUT2D eigenvalue weighted by Crippen LogP contribution is 2.54. The molecule has 0 bridgehead atoms. The molecule has 7 nitrogen and oxygen atoms in total. The number of aromatic nitrogens is 1. The van der Waals surface area contributed by atoms with Crippen LogP contribution >= 0.6 is 0 Å². The summed E-state index contributed by atoms with van der Waals surface area (Å²) in [4.78, 5) is 26.1. The van der Waals surface area contributed by atoms with Gasteiger partial charge in [-0.2, -0.15) is 0 Å². The fourth-order valence-corrected chi connectivity index (χ4v) is 4.48. The second kappa shape index (κ2) is 5.01. The van der Waals surface area contributed by atoms with E-state index < -0.39 is 17.3 Å². The molecule has 1 saturated carbocycles. The zero-order valence-electron chi connectivity index (χ0n) is 14.9. The highest BCUT2D eigenvalue weighted by Gasteiger charge is 2.54. The summed E-state index contributed by atoms with van der Waals surface area (Å²) in [5.74, 6) is -1.40. The van der Waals surface area contributed by atoms with Gasteiger partial charge >= 0.3 is 5.97 Å². The van der Waals surface area contributed by atoms with Crippen LogP contribution in [0.4, 0.5) is 10.1 Å². The Morgan fingerprint density at radius 1 is 1.44 bits per heavy atom. The minimum atomic E-state index is -1.38. The van der Waals surface area contributed by atoms with Gasteiger partial charge in [0.1, 0.15) is 12.3 Å². The first-order valence-electron chi connectivity index (χ1n) is 9.02. The second-order valence-corrected chi connectivity index (χ2v) is 8.20. The normalized spacial score (nSPS) is 27.8. The highest BCUT2D eigenvalue weighted by atomic mass is 19.1. The number of ether oxygens (including phenoxy) is 1. The minimum absolute atomic E-state index is 0.0364. The first-order chi connectivity index (χ1) is 12.8. The summed E-state index contributed by atoms with van der Waals surface area (Å²) in [5.41, 5.74) is 5.14. The summed E-state index contributed by atoms with van der Waals surface area (Å²) in [6.45, 7) is 2.51. The van der Waals surface area contributed by atoms with Crippen molar-refractivity contribution >= 4 is 22.6 Å². The molecule has 5 rings (SSSR count). The van der Waals surface area contributed by atoms with Gasteiger partial charge in [-0.15, -0.1) is 0 Å². The van der Waals surface area contributed by atoms with Crippen LogP contribution in [0.5, 0.6) is 5.75 Å². The number of nitrogens with two attached hydrogens (primary N) is 1. The van der Waals surface area contributed by atoms with Crippen molar-refractivity contribution in [2.45, 2.75) is 31.3 Å². The Morgan fingerprint density at radius 3 is 2.81 bits per heavy atom. The van der Waals surface area contributed by atoms with E-state index in [4.69, 9.17) is 10.5 Å². The molecule has 1 aromatic heterocycles. The summed E-state index contributed by atoms with van der Waals surface area (Å²) in [6, 6.07) is 2.42. The van der Waals surface area contributed by atoms with Crippen molar-refractivity contribution < 1.29 is 19.0 Å². The standard InChI is InChI=1S/C19H20FN3O4/c1-18(17(25)26)9-27-16-14-10(12(24)2-5-23(14)18)6-11(20)15(16)22-7-13(21)19(8-22)3-4-19/h2,5-6,13H,3-4,7-9,21H2,1H3,(H,25,26). The van der Waals surface area contributed by atoms with Gasteiger partial charge in [-0.1, -0.05) is 0 Å². The third-order valence-electron chi connectivity index (χ3n) is 6.47. The number of rotatable bonds is 2. The van der Waals surface area contributed by atoms with Crippen molar-refractivity contribution in [1.82, 2.24) is 4.57 Å². The molecule has 2 unspecified atom stereocenters. The number of benzene rings is 1. The van der Waals surface area contributed by atoms with Crippen LogP contribution in [-0.4, -0.2) is 41.4 Å². The monoisotopic (exact) mass is 373 g/mol. The van der Waals surface area contributed by atoms with E-state index in [-0.39, 0.29) is 40.3 Å².